The van der Waals surface area contributed by atoms with E-state index in [0.29, 0.717) is 40.7 Å². The first-order valence-electron chi connectivity index (χ1n) is 8.90. The van der Waals surface area contributed by atoms with Gasteiger partial charge in [0, 0.05) is 17.8 Å². The lowest BCUT2D eigenvalue weighted by molar-refractivity contribution is -0.125. The van der Waals surface area contributed by atoms with Crippen LogP contribution in [0.1, 0.15) is 24.2 Å². The molecule has 4 rings (SSSR count). The quantitative estimate of drug-likeness (QED) is 0.823. The highest BCUT2D eigenvalue weighted by atomic mass is 16.7. The molecule has 7 heteroatoms. The van der Waals surface area contributed by atoms with Gasteiger partial charge in [0.15, 0.2) is 17.6 Å². The molecule has 2 heterocycles. The van der Waals surface area contributed by atoms with Crippen molar-refractivity contribution in [1.82, 2.24) is 0 Å². The zero-order valence-corrected chi connectivity index (χ0v) is 15.7. The second kappa shape index (κ2) is 6.92. The Hall–Kier alpha value is -3.48. The second-order valence-electron chi connectivity index (χ2n) is 6.85. The molecule has 1 atom stereocenters. The summed E-state index contributed by atoms with van der Waals surface area (Å²) in [5.41, 5.74) is 2.46. The number of nitrogens with one attached hydrogen (secondary N) is 1. The molecule has 28 heavy (non-hydrogen) atoms. The Balaban J connectivity index is 1.59. The first-order chi connectivity index (χ1) is 13.4. The van der Waals surface area contributed by atoms with Crippen LogP contribution in [0.2, 0.25) is 0 Å². The van der Waals surface area contributed by atoms with E-state index in [1.165, 1.54) is 0 Å². The summed E-state index contributed by atoms with van der Waals surface area (Å²) < 4.78 is 16.3. The van der Waals surface area contributed by atoms with Gasteiger partial charge in [-0.3, -0.25) is 9.59 Å². The fourth-order valence-electron chi connectivity index (χ4n) is 3.16. The lowest BCUT2D eigenvalue weighted by atomic mass is 10.1. The molecule has 0 aromatic heterocycles. The maximum atomic E-state index is 12.6. The minimum atomic E-state index is -0.569. The van der Waals surface area contributed by atoms with Gasteiger partial charge < -0.3 is 24.4 Å². The number of carbonyl (C=O) groups is 2. The lowest BCUT2D eigenvalue weighted by Gasteiger charge is -2.33. The standard InChI is InChI=1S/C21H20N2O5/c1-12(2)10-23-16-9-15(5-7-17(16)28-13(3)21(23)25)22-20(24)14-4-6-18-19(8-14)27-11-26-18/h4-9,13H,1,10-11H2,2-3H3,(H,22,24). The molecule has 2 aliphatic heterocycles. The van der Waals surface area contributed by atoms with Gasteiger partial charge >= 0.3 is 0 Å². The molecule has 2 aliphatic rings. The van der Waals surface area contributed by atoms with Crippen LogP contribution in [-0.2, 0) is 4.79 Å². The van der Waals surface area contributed by atoms with E-state index in [1.54, 1.807) is 48.2 Å². The molecular weight excluding hydrogens is 360 g/mol. The Morgan fingerprint density at radius 2 is 1.93 bits per heavy atom. The largest absolute Gasteiger partial charge is 0.479 e. The number of nitrogens with zero attached hydrogens (tertiary/aromatic N) is 1. The molecule has 0 bridgehead atoms. The molecule has 2 amide bonds. The van der Waals surface area contributed by atoms with Crippen LogP contribution in [0.4, 0.5) is 11.4 Å². The third-order valence-electron chi connectivity index (χ3n) is 4.49. The van der Waals surface area contributed by atoms with Crippen molar-refractivity contribution in [3.05, 3.63) is 54.1 Å². The zero-order chi connectivity index (χ0) is 19.8. The maximum absolute atomic E-state index is 12.6. The SMILES string of the molecule is C=C(C)CN1C(=O)C(C)Oc2ccc(NC(=O)c3ccc4c(c3)OCO4)cc21. The number of carbonyl (C=O) groups excluding carboxylic acids is 2. The molecule has 0 saturated carbocycles. The summed E-state index contributed by atoms with van der Waals surface area (Å²) in [5.74, 6) is 1.31. The first-order valence-corrected chi connectivity index (χ1v) is 8.90. The average molecular weight is 380 g/mol. The van der Waals surface area contributed by atoms with Gasteiger partial charge in [-0.25, -0.2) is 0 Å². The lowest BCUT2D eigenvalue weighted by Crippen LogP contribution is -2.45. The normalized spacial score (nSPS) is 17.0. The number of amides is 2. The highest BCUT2D eigenvalue weighted by molar-refractivity contribution is 6.06. The molecule has 0 spiro atoms. The van der Waals surface area contributed by atoms with Gasteiger partial charge in [-0.05, 0) is 50.2 Å². The van der Waals surface area contributed by atoms with Crippen LogP contribution in [0, 0.1) is 0 Å². The third kappa shape index (κ3) is 3.26. The summed E-state index contributed by atoms with van der Waals surface area (Å²) >= 11 is 0. The summed E-state index contributed by atoms with van der Waals surface area (Å²) in [6.07, 6.45) is -0.569. The van der Waals surface area contributed by atoms with E-state index < -0.39 is 6.10 Å². The summed E-state index contributed by atoms with van der Waals surface area (Å²) in [6.45, 7) is 8.00. The molecule has 1 unspecified atom stereocenters. The molecule has 0 radical (unpaired) electrons. The van der Waals surface area contributed by atoms with Crippen molar-refractivity contribution in [2.45, 2.75) is 20.0 Å². The van der Waals surface area contributed by atoms with Crippen LogP contribution in [0.15, 0.2) is 48.6 Å². The van der Waals surface area contributed by atoms with Gasteiger partial charge in [-0.15, -0.1) is 0 Å². The second-order valence-corrected chi connectivity index (χ2v) is 6.85. The summed E-state index contributed by atoms with van der Waals surface area (Å²) in [7, 11) is 0. The molecule has 144 valence electrons. The van der Waals surface area contributed by atoms with E-state index >= 15 is 0 Å². The van der Waals surface area contributed by atoms with E-state index in [1.807, 2.05) is 6.92 Å². The van der Waals surface area contributed by atoms with Crippen LogP contribution >= 0.6 is 0 Å². The molecule has 0 saturated heterocycles. The molecule has 7 nitrogen and oxygen atoms in total. The van der Waals surface area contributed by atoms with Crippen LogP contribution in [-0.4, -0.2) is 31.3 Å². The first kappa shape index (κ1) is 17.9. The molecule has 2 aromatic carbocycles. The van der Waals surface area contributed by atoms with Crippen molar-refractivity contribution in [2.24, 2.45) is 0 Å². The fraction of sp³-hybridized carbons (Fsp3) is 0.238. The van der Waals surface area contributed by atoms with Crippen LogP contribution in [0.5, 0.6) is 17.2 Å². The van der Waals surface area contributed by atoms with Gasteiger partial charge in [0.2, 0.25) is 6.79 Å². The van der Waals surface area contributed by atoms with Crippen LogP contribution < -0.4 is 24.4 Å². The number of hydrogen-bond acceptors (Lipinski definition) is 5. The Labute approximate surface area is 162 Å². The Morgan fingerprint density at radius 1 is 1.18 bits per heavy atom. The Morgan fingerprint density at radius 3 is 2.71 bits per heavy atom. The van der Waals surface area contributed by atoms with Crippen LogP contribution in [0.25, 0.3) is 0 Å². The van der Waals surface area contributed by atoms with Gasteiger partial charge in [-0.2, -0.15) is 0 Å². The summed E-state index contributed by atoms with van der Waals surface area (Å²) in [6, 6.07) is 10.2. The van der Waals surface area contributed by atoms with Gasteiger partial charge in [0.1, 0.15) is 5.75 Å². The number of benzene rings is 2. The van der Waals surface area contributed by atoms with Crippen molar-refractivity contribution >= 4 is 23.2 Å². The van der Waals surface area contributed by atoms with E-state index in [4.69, 9.17) is 14.2 Å². The molecule has 2 aromatic rings. The van der Waals surface area contributed by atoms with E-state index in [0.717, 1.165) is 5.57 Å². The van der Waals surface area contributed by atoms with Gasteiger partial charge in [-0.1, -0.05) is 12.2 Å². The molecule has 1 N–H and O–H groups in total. The number of fused-ring (bicyclic) bond motifs is 2. The number of ether oxygens (including phenoxy) is 3. The molecular formula is C21H20N2O5. The highest BCUT2D eigenvalue weighted by Crippen LogP contribution is 2.37. The fourth-order valence-corrected chi connectivity index (χ4v) is 3.16. The van der Waals surface area contributed by atoms with Crippen molar-refractivity contribution in [3.63, 3.8) is 0 Å². The van der Waals surface area contributed by atoms with Gasteiger partial charge in [0.25, 0.3) is 11.8 Å². The van der Waals surface area contributed by atoms with E-state index in [9.17, 15) is 9.59 Å². The number of rotatable bonds is 4. The van der Waals surface area contributed by atoms with Crippen molar-refractivity contribution in [1.29, 1.82) is 0 Å². The number of anilines is 2. The maximum Gasteiger partial charge on any atom is 0.268 e. The third-order valence-corrected chi connectivity index (χ3v) is 4.49. The highest BCUT2D eigenvalue weighted by Gasteiger charge is 2.31. The predicted octanol–water partition coefficient (Wildman–Crippen LogP) is 3.36. The molecule has 0 fully saturated rings. The van der Waals surface area contributed by atoms with E-state index in [2.05, 4.69) is 11.9 Å². The Kier molecular flexibility index (Phi) is 4.43. The van der Waals surface area contributed by atoms with Crippen molar-refractivity contribution in [3.8, 4) is 17.2 Å². The molecule has 0 aliphatic carbocycles. The predicted molar refractivity (Wildman–Crippen MR) is 104 cm³/mol. The van der Waals surface area contributed by atoms with Crippen LogP contribution in [0.3, 0.4) is 0 Å². The summed E-state index contributed by atoms with van der Waals surface area (Å²) in [5, 5.41) is 2.85. The minimum absolute atomic E-state index is 0.144. The number of hydrogen-bond donors (Lipinski definition) is 1. The zero-order valence-electron chi connectivity index (χ0n) is 15.7. The van der Waals surface area contributed by atoms with Gasteiger partial charge in [0.05, 0.1) is 5.69 Å². The smallest absolute Gasteiger partial charge is 0.268 e. The minimum Gasteiger partial charge on any atom is -0.479 e. The van der Waals surface area contributed by atoms with Crippen molar-refractivity contribution in [2.75, 3.05) is 23.6 Å². The average Bonchev–Trinajstić information content (AvgIpc) is 3.13. The Bertz CT molecular complexity index is 985. The topological polar surface area (TPSA) is 77.1 Å². The van der Waals surface area contributed by atoms with Crippen molar-refractivity contribution < 1.29 is 23.8 Å². The summed E-state index contributed by atoms with van der Waals surface area (Å²) in [4.78, 5) is 26.8. The van der Waals surface area contributed by atoms with E-state index in [-0.39, 0.29) is 18.6 Å². The monoisotopic (exact) mass is 380 g/mol.